The quantitative estimate of drug-likeness (QED) is 0.175. The molecule has 2 aliphatic rings. The number of aromatic nitrogens is 1. The molecule has 0 bridgehead atoms. The van der Waals surface area contributed by atoms with E-state index in [4.69, 9.17) is 4.42 Å². The summed E-state index contributed by atoms with van der Waals surface area (Å²) in [5, 5.41) is 10.4. The van der Waals surface area contributed by atoms with Crippen LogP contribution >= 0.6 is 11.3 Å². The molecule has 3 aromatic heterocycles. The van der Waals surface area contributed by atoms with E-state index in [9.17, 15) is 0 Å². The highest BCUT2D eigenvalue weighted by Gasteiger charge is 2.39. The molecule has 0 saturated carbocycles. The average molecular weight is 885 g/mol. The van der Waals surface area contributed by atoms with Crippen LogP contribution in [0.4, 0.5) is 11.4 Å². The number of hydrogen-bond acceptors (Lipinski definition) is 3. The monoisotopic (exact) mass is 884 g/mol. The number of thiophene rings is 1. The standard InChI is InChI=1S/C62H53BN2OS/c1-60(2,3)38-22-24-39(25-23-38)64-50-33-48-47(61(4,5)28-29-62(48,6)7)31-43(50)41-26-27-42-44-30-45-40-20-14-15-21-54(40)67-55(45)35-51(44)65-52-32-46-53(34-49(52)63-57(41)58(42)65)66-59(37-18-12-9-13-19-37)56(46)36-16-10-8-11-17-36/h8-27,30-35,63-64H,28-29H2,1-7H3. The fourth-order valence-electron chi connectivity index (χ4n) is 11.6. The summed E-state index contributed by atoms with van der Waals surface area (Å²) in [5.74, 6) is 0.905. The molecule has 11 aromatic rings. The molecule has 0 unspecified atom stereocenters. The normalized spacial score (nSPS) is 15.0. The number of benzene rings is 8. The molecule has 5 heteroatoms. The zero-order valence-corrected chi connectivity index (χ0v) is 40.2. The van der Waals surface area contributed by atoms with Crippen LogP contribution in [0.1, 0.15) is 78.0 Å². The van der Waals surface area contributed by atoms with Crippen LogP contribution in [0, 0.1) is 0 Å². The van der Waals surface area contributed by atoms with Gasteiger partial charge >= 0.3 is 0 Å². The fraction of sp³-hybridized carbons (Fsp3) is 0.194. The summed E-state index contributed by atoms with van der Waals surface area (Å²) in [4.78, 5) is 0. The van der Waals surface area contributed by atoms with Gasteiger partial charge in [-0.2, -0.15) is 0 Å². The number of nitrogens with one attached hydrogen (secondary N) is 1. The molecule has 67 heavy (non-hydrogen) atoms. The second-order valence-electron chi connectivity index (χ2n) is 21.6. The molecule has 0 radical (unpaired) electrons. The van der Waals surface area contributed by atoms with Crippen LogP contribution in [0.25, 0.3) is 92.2 Å². The Balaban J connectivity index is 1.11. The van der Waals surface area contributed by atoms with Gasteiger partial charge in [0.05, 0.1) is 5.52 Å². The van der Waals surface area contributed by atoms with E-state index in [1.165, 1.54) is 86.4 Å². The van der Waals surface area contributed by atoms with Crippen molar-refractivity contribution in [1.82, 2.24) is 4.57 Å². The highest BCUT2D eigenvalue weighted by molar-refractivity contribution is 7.25. The van der Waals surface area contributed by atoms with Gasteiger partial charge in [-0.1, -0.05) is 157 Å². The molecule has 0 fully saturated rings. The van der Waals surface area contributed by atoms with E-state index < -0.39 is 0 Å². The third kappa shape index (κ3) is 6.24. The number of fused-ring (bicyclic) bond motifs is 10. The predicted molar refractivity (Wildman–Crippen MR) is 290 cm³/mol. The second kappa shape index (κ2) is 14.3. The lowest BCUT2D eigenvalue weighted by molar-refractivity contribution is 0.332. The van der Waals surface area contributed by atoms with Crippen LogP contribution in [0.5, 0.6) is 0 Å². The lowest BCUT2D eigenvalue weighted by Gasteiger charge is -2.42. The largest absolute Gasteiger partial charge is 0.455 e. The summed E-state index contributed by atoms with van der Waals surface area (Å²) in [5.41, 5.74) is 19.9. The Morgan fingerprint density at radius 2 is 1.28 bits per heavy atom. The van der Waals surface area contributed by atoms with Crippen LogP contribution in [0.15, 0.2) is 162 Å². The van der Waals surface area contributed by atoms with E-state index in [0.717, 1.165) is 64.9 Å². The van der Waals surface area contributed by atoms with E-state index in [1.54, 1.807) is 0 Å². The first-order valence-corrected chi connectivity index (χ1v) is 24.8. The smallest absolute Gasteiger partial charge is 0.198 e. The third-order valence-electron chi connectivity index (χ3n) is 15.4. The summed E-state index contributed by atoms with van der Waals surface area (Å²) in [6.07, 6.45) is 2.31. The number of nitrogens with zero attached hydrogens (tertiary/aromatic N) is 1. The zero-order chi connectivity index (χ0) is 45.6. The summed E-state index contributed by atoms with van der Waals surface area (Å²) in [6.45, 7) is 16.6. The fourth-order valence-corrected chi connectivity index (χ4v) is 12.7. The molecule has 326 valence electrons. The molecule has 8 aromatic carbocycles. The van der Waals surface area contributed by atoms with Gasteiger partial charge in [-0.3, -0.25) is 0 Å². The number of furan rings is 1. The van der Waals surface area contributed by atoms with E-state index in [-0.39, 0.29) is 16.2 Å². The Kier molecular flexibility index (Phi) is 8.66. The Hall–Kier alpha value is -6.82. The maximum Gasteiger partial charge on any atom is 0.198 e. The zero-order valence-electron chi connectivity index (χ0n) is 39.4. The van der Waals surface area contributed by atoms with Crippen molar-refractivity contribution in [2.24, 2.45) is 0 Å². The van der Waals surface area contributed by atoms with E-state index >= 15 is 0 Å². The lowest BCUT2D eigenvalue weighted by Crippen LogP contribution is -2.37. The highest BCUT2D eigenvalue weighted by atomic mass is 32.1. The first-order valence-electron chi connectivity index (χ1n) is 24.0. The molecule has 0 atom stereocenters. The Labute approximate surface area is 397 Å². The molecule has 0 amide bonds. The van der Waals surface area contributed by atoms with Crippen molar-refractivity contribution in [3.63, 3.8) is 0 Å². The van der Waals surface area contributed by atoms with Crippen molar-refractivity contribution in [3.8, 4) is 39.3 Å². The molecule has 1 aliphatic carbocycles. The van der Waals surface area contributed by atoms with Crippen LogP contribution < -0.4 is 16.2 Å². The van der Waals surface area contributed by atoms with Gasteiger partial charge in [-0.25, -0.2) is 0 Å². The summed E-state index contributed by atoms with van der Waals surface area (Å²) >= 11 is 1.89. The summed E-state index contributed by atoms with van der Waals surface area (Å²) < 4.78 is 12.3. The molecule has 13 rings (SSSR count). The average Bonchev–Trinajstić information content (AvgIpc) is 3.99. The first-order chi connectivity index (χ1) is 32.3. The van der Waals surface area contributed by atoms with Crippen molar-refractivity contribution in [2.75, 3.05) is 5.32 Å². The van der Waals surface area contributed by atoms with E-state index in [2.05, 4.69) is 216 Å². The lowest BCUT2D eigenvalue weighted by atomic mass is 9.58. The SMILES string of the molecule is CC(C)(C)c1ccc(Nc2cc3c(cc2-c2ccc4c5cc6c(cc5n5c4c2Bc2cc4oc(-c7ccccc7)c(-c7ccccc7)c4cc2-5)sc2ccccc26)C(C)(C)CCC3(C)C)cc1. The van der Waals surface area contributed by atoms with Gasteiger partial charge in [0.2, 0.25) is 0 Å². The maximum atomic E-state index is 7.04. The minimum Gasteiger partial charge on any atom is -0.455 e. The molecule has 0 spiro atoms. The molecule has 1 aliphatic heterocycles. The summed E-state index contributed by atoms with van der Waals surface area (Å²) in [7, 11) is 0.777. The first kappa shape index (κ1) is 40.5. The Bertz CT molecular complexity index is 3820. The van der Waals surface area contributed by atoms with Crippen molar-refractivity contribution in [3.05, 3.63) is 174 Å². The van der Waals surface area contributed by atoms with E-state index in [1.807, 2.05) is 11.3 Å². The highest BCUT2D eigenvalue weighted by Crippen LogP contribution is 2.50. The van der Waals surface area contributed by atoms with Crippen molar-refractivity contribution < 1.29 is 4.42 Å². The number of hydrogen-bond donors (Lipinski definition) is 1. The van der Waals surface area contributed by atoms with Crippen LogP contribution in [-0.2, 0) is 16.2 Å². The van der Waals surface area contributed by atoms with Gasteiger partial charge in [0.25, 0.3) is 0 Å². The second-order valence-corrected chi connectivity index (χ2v) is 22.7. The van der Waals surface area contributed by atoms with E-state index in [0.29, 0.717) is 0 Å². The van der Waals surface area contributed by atoms with Crippen molar-refractivity contribution >= 4 is 93.9 Å². The van der Waals surface area contributed by atoms with Gasteiger partial charge < -0.3 is 14.3 Å². The van der Waals surface area contributed by atoms with Gasteiger partial charge in [0.15, 0.2) is 7.28 Å². The number of anilines is 2. The van der Waals surface area contributed by atoms with Crippen LogP contribution in [0.3, 0.4) is 0 Å². The molecule has 3 nitrogen and oxygen atoms in total. The van der Waals surface area contributed by atoms with Crippen LogP contribution in [-0.4, -0.2) is 11.8 Å². The minimum atomic E-state index is 0.0433. The van der Waals surface area contributed by atoms with Crippen molar-refractivity contribution in [1.29, 1.82) is 0 Å². The van der Waals surface area contributed by atoms with Crippen molar-refractivity contribution in [2.45, 2.75) is 77.6 Å². The number of rotatable bonds is 5. The predicted octanol–water partition coefficient (Wildman–Crippen LogP) is 16.0. The summed E-state index contributed by atoms with van der Waals surface area (Å²) in [6, 6.07) is 59.0. The van der Waals surface area contributed by atoms with Gasteiger partial charge in [-0.05, 0) is 117 Å². The maximum absolute atomic E-state index is 7.04. The molecule has 4 heterocycles. The molecule has 1 N–H and O–H groups in total. The third-order valence-corrected chi connectivity index (χ3v) is 16.6. The topological polar surface area (TPSA) is 30.1 Å². The molecular formula is C62H53BN2OS. The Morgan fingerprint density at radius 3 is 2.01 bits per heavy atom. The molecular weight excluding hydrogens is 832 g/mol. The Morgan fingerprint density at radius 1 is 0.597 bits per heavy atom. The minimum absolute atomic E-state index is 0.0433. The van der Waals surface area contributed by atoms with Gasteiger partial charge in [0, 0.05) is 75.6 Å². The van der Waals surface area contributed by atoms with Gasteiger partial charge in [0.1, 0.15) is 11.3 Å². The molecule has 0 saturated heterocycles. The van der Waals surface area contributed by atoms with Gasteiger partial charge in [-0.15, -0.1) is 11.3 Å². The van der Waals surface area contributed by atoms with Crippen LogP contribution in [0.2, 0.25) is 0 Å².